The van der Waals surface area contributed by atoms with E-state index in [0.717, 1.165) is 4.47 Å². The molecule has 1 aromatic rings. The molecule has 15 heavy (non-hydrogen) atoms. The van der Waals surface area contributed by atoms with Gasteiger partial charge in [-0.1, -0.05) is 22.0 Å². The number of esters is 1. The van der Waals surface area contributed by atoms with Crippen molar-refractivity contribution in [3.63, 3.8) is 0 Å². The van der Waals surface area contributed by atoms with Gasteiger partial charge in [0.1, 0.15) is 11.8 Å². The van der Waals surface area contributed by atoms with Gasteiger partial charge in [-0.05, 0) is 12.1 Å². The Hall–Kier alpha value is -1.07. The Morgan fingerprint density at radius 3 is 2.67 bits per heavy atom. The molecule has 1 unspecified atom stereocenters. The first-order valence-electron chi connectivity index (χ1n) is 4.27. The maximum atomic E-state index is 11.3. The van der Waals surface area contributed by atoms with Gasteiger partial charge in [-0.3, -0.25) is 4.79 Å². The van der Waals surface area contributed by atoms with Crippen molar-refractivity contribution in [1.82, 2.24) is 0 Å². The molecule has 0 saturated carbocycles. The third-order valence-electron chi connectivity index (χ3n) is 1.99. The number of rotatable bonds is 3. The van der Waals surface area contributed by atoms with Crippen LogP contribution in [-0.2, 0) is 9.53 Å². The van der Waals surface area contributed by atoms with Crippen molar-refractivity contribution in [3.05, 3.63) is 28.2 Å². The van der Waals surface area contributed by atoms with Gasteiger partial charge in [0, 0.05) is 10.0 Å². The zero-order valence-electron chi connectivity index (χ0n) is 8.49. The molecular formula is C10H12BrNO3. The van der Waals surface area contributed by atoms with E-state index in [1.165, 1.54) is 14.2 Å². The highest BCUT2D eigenvalue weighted by Gasteiger charge is 2.20. The number of hydrogen-bond donors (Lipinski definition) is 1. The molecule has 0 bridgehead atoms. The zero-order valence-corrected chi connectivity index (χ0v) is 10.1. The molecule has 0 spiro atoms. The number of nitrogens with two attached hydrogens (primary N) is 1. The molecule has 0 aliphatic carbocycles. The number of carbonyl (C=O) groups excluding carboxylic acids is 1. The summed E-state index contributed by atoms with van der Waals surface area (Å²) < 4.78 is 10.6. The van der Waals surface area contributed by atoms with Crippen LogP contribution < -0.4 is 10.5 Å². The number of ether oxygens (including phenoxy) is 2. The minimum atomic E-state index is -0.821. The van der Waals surface area contributed by atoms with Gasteiger partial charge in [-0.15, -0.1) is 0 Å². The Labute approximate surface area is 96.5 Å². The molecule has 5 heteroatoms. The lowest BCUT2D eigenvalue weighted by Gasteiger charge is -2.13. The summed E-state index contributed by atoms with van der Waals surface area (Å²) in [7, 11) is 2.82. The molecule has 2 N–H and O–H groups in total. The van der Waals surface area contributed by atoms with Crippen LogP contribution in [0.2, 0.25) is 0 Å². The molecule has 82 valence electrons. The first-order chi connectivity index (χ1) is 7.10. The van der Waals surface area contributed by atoms with Crippen molar-refractivity contribution >= 4 is 21.9 Å². The first-order valence-corrected chi connectivity index (χ1v) is 5.06. The van der Waals surface area contributed by atoms with Crippen molar-refractivity contribution in [2.24, 2.45) is 5.73 Å². The summed E-state index contributed by atoms with van der Waals surface area (Å²) in [5.74, 6) is 0.0675. The van der Waals surface area contributed by atoms with Gasteiger partial charge in [-0.2, -0.15) is 0 Å². The van der Waals surface area contributed by atoms with E-state index in [1.54, 1.807) is 18.2 Å². The lowest BCUT2D eigenvalue weighted by atomic mass is 10.1. The van der Waals surface area contributed by atoms with Crippen molar-refractivity contribution in [2.45, 2.75) is 6.04 Å². The Kier molecular flexibility index (Phi) is 4.11. The number of hydrogen-bond acceptors (Lipinski definition) is 4. The summed E-state index contributed by atoms with van der Waals surface area (Å²) in [6.45, 7) is 0. The van der Waals surface area contributed by atoms with E-state index in [9.17, 15) is 4.79 Å². The van der Waals surface area contributed by atoms with E-state index in [2.05, 4.69) is 20.7 Å². The zero-order chi connectivity index (χ0) is 11.4. The van der Waals surface area contributed by atoms with Crippen molar-refractivity contribution in [2.75, 3.05) is 14.2 Å². The van der Waals surface area contributed by atoms with Gasteiger partial charge in [-0.25, -0.2) is 0 Å². The topological polar surface area (TPSA) is 61.5 Å². The van der Waals surface area contributed by atoms with Crippen LogP contribution in [0, 0.1) is 0 Å². The van der Waals surface area contributed by atoms with Gasteiger partial charge in [0.15, 0.2) is 0 Å². The van der Waals surface area contributed by atoms with Crippen LogP contribution in [0.4, 0.5) is 0 Å². The number of halogens is 1. The number of methoxy groups -OCH3 is 2. The van der Waals surface area contributed by atoms with Crippen LogP contribution in [-0.4, -0.2) is 20.2 Å². The third kappa shape index (κ3) is 2.70. The summed E-state index contributed by atoms with van der Waals surface area (Å²) in [6, 6.07) is 4.45. The fourth-order valence-electron chi connectivity index (χ4n) is 1.20. The molecule has 0 amide bonds. The van der Waals surface area contributed by atoms with Gasteiger partial charge < -0.3 is 15.2 Å². The van der Waals surface area contributed by atoms with Crippen molar-refractivity contribution in [1.29, 1.82) is 0 Å². The summed E-state index contributed by atoms with van der Waals surface area (Å²) in [5, 5.41) is 0. The van der Waals surface area contributed by atoms with E-state index in [0.29, 0.717) is 11.3 Å². The van der Waals surface area contributed by atoms with Crippen LogP contribution >= 0.6 is 15.9 Å². The molecule has 0 aromatic heterocycles. The van der Waals surface area contributed by atoms with E-state index < -0.39 is 12.0 Å². The summed E-state index contributed by atoms with van der Waals surface area (Å²) in [5.41, 5.74) is 6.31. The van der Waals surface area contributed by atoms with Crippen LogP contribution in [0.1, 0.15) is 11.6 Å². The van der Waals surface area contributed by atoms with Crippen molar-refractivity contribution in [3.8, 4) is 5.75 Å². The molecule has 1 atom stereocenters. The van der Waals surface area contributed by atoms with E-state index in [-0.39, 0.29) is 0 Å². The maximum Gasteiger partial charge on any atom is 0.327 e. The SMILES string of the molecule is COC(=O)C(N)c1ccc(Br)cc1OC. The standard InChI is InChI=1S/C10H12BrNO3/c1-14-8-5-6(11)3-4-7(8)9(12)10(13)15-2/h3-5,9H,12H2,1-2H3. The highest BCUT2D eigenvalue weighted by molar-refractivity contribution is 9.10. The van der Waals surface area contributed by atoms with Crippen LogP contribution in [0.3, 0.4) is 0 Å². The Morgan fingerprint density at radius 2 is 2.13 bits per heavy atom. The molecule has 0 aliphatic heterocycles. The smallest absolute Gasteiger partial charge is 0.327 e. The van der Waals surface area contributed by atoms with E-state index in [4.69, 9.17) is 10.5 Å². The molecule has 0 heterocycles. The second-order valence-corrected chi connectivity index (χ2v) is 3.80. The molecular weight excluding hydrogens is 262 g/mol. The molecule has 0 aliphatic rings. The average molecular weight is 274 g/mol. The maximum absolute atomic E-state index is 11.3. The molecule has 0 radical (unpaired) electrons. The van der Waals surface area contributed by atoms with Gasteiger partial charge in [0.05, 0.1) is 14.2 Å². The van der Waals surface area contributed by atoms with Crippen molar-refractivity contribution < 1.29 is 14.3 Å². The normalized spacial score (nSPS) is 12.0. The van der Waals surface area contributed by atoms with Crippen LogP contribution in [0.5, 0.6) is 5.75 Å². The number of carbonyl (C=O) groups is 1. The van der Waals surface area contributed by atoms with Crippen LogP contribution in [0.25, 0.3) is 0 Å². The average Bonchev–Trinajstić information content (AvgIpc) is 2.26. The molecule has 0 saturated heterocycles. The Morgan fingerprint density at radius 1 is 1.47 bits per heavy atom. The molecule has 0 fully saturated rings. The Balaban J connectivity index is 3.07. The van der Waals surface area contributed by atoms with Gasteiger partial charge in [0.25, 0.3) is 0 Å². The first kappa shape index (κ1) is 12.0. The molecule has 1 aromatic carbocycles. The predicted octanol–water partition coefficient (Wildman–Crippen LogP) is 1.63. The second-order valence-electron chi connectivity index (χ2n) is 2.89. The summed E-state index contributed by atoms with van der Waals surface area (Å²) in [4.78, 5) is 11.3. The fraction of sp³-hybridized carbons (Fsp3) is 0.300. The predicted molar refractivity (Wildman–Crippen MR) is 59.6 cm³/mol. The summed E-state index contributed by atoms with van der Waals surface area (Å²) in [6.07, 6.45) is 0. The lowest BCUT2D eigenvalue weighted by molar-refractivity contribution is -0.142. The monoisotopic (exact) mass is 273 g/mol. The second kappa shape index (κ2) is 5.14. The van der Waals surface area contributed by atoms with E-state index >= 15 is 0 Å². The molecule has 4 nitrogen and oxygen atoms in total. The minimum absolute atomic E-state index is 0.490. The lowest BCUT2D eigenvalue weighted by Crippen LogP contribution is -2.23. The van der Waals surface area contributed by atoms with E-state index in [1.807, 2.05) is 0 Å². The largest absolute Gasteiger partial charge is 0.496 e. The minimum Gasteiger partial charge on any atom is -0.496 e. The third-order valence-corrected chi connectivity index (χ3v) is 2.48. The fourth-order valence-corrected chi connectivity index (χ4v) is 1.54. The highest BCUT2D eigenvalue weighted by atomic mass is 79.9. The van der Waals surface area contributed by atoms with Crippen LogP contribution in [0.15, 0.2) is 22.7 Å². The van der Waals surface area contributed by atoms with Gasteiger partial charge >= 0.3 is 5.97 Å². The highest BCUT2D eigenvalue weighted by Crippen LogP contribution is 2.27. The Bertz CT molecular complexity index is 368. The quantitative estimate of drug-likeness (QED) is 0.851. The number of benzene rings is 1. The summed E-state index contributed by atoms with van der Waals surface area (Å²) >= 11 is 3.30. The molecule has 1 rings (SSSR count). The van der Waals surface area contributed by atoms with Gasteiger partial charge in [0.2, 0.25) is 0 Å².